The topological polar surface area (TPSA) is 81.5 Å². The first-order chi connectivity index (χ1) is 9.40. The van der Waals surface area contributed by atoms with Gasteiger partial charge in [0.2, 0.25) is 0 Å². The van der Waals surface area contributed by atoms with Crippen molar-refractivity contribution >= 4 is 23.2 Å². The lowest BCUT2D eigenvalue weighted by molar-refractivity contribution is -0.384. The Labute approximate surface area is 122 Å². The van der Waals surface area contributed by atoms with E-state index in [9.17, 15) is 14.9 Å². The van der Waals surface area contributed by atoms with Gasteiger partial charge in [0, 0.05) is 18.0 Å². The third-order valence-electron chi connectivity index (χ3n) is 2.93. The quantitative estimate of drug-likeness (QED) is 0.497. The maximum Gasteiger partial charge on any atom is 0.273 e. The van der Waals surface area contributed by atoms with Gasteiger partial charge in [-0.05, 0) is 12.0 Å². The van der Waals surface area contributed by atoms with Crippen molar-refractivity contribution < 1.29 is 14.5 Å². The molecule has 0 heterocycles. The van der Waals surface area contributed by atoms with Crippen molar-refractivity contribution in [3.05, 3.63) is 33.9 Å². The van der Waals surface area contributed by atoms with Crippen molar-refractivity contribution in [1.29, 1.82) is 0 Å². The normalized spacial score (nSPS) is 12.1. The Kier molecular flexibility index (Phi) is 5.76. The summed E-state index contributed by atoms with van der Waals surface area (Å²) in [6.07, 6.45) is 0. The number of methoxy groups -OCH3 is 1. The molecule has 6 nitrogen and oxygen atoms in total. The number of alkyl halides is 1. The molecule has 1 unspecified atom stereocenters. The van der Waals surface area contributed by atoms with Crippen molar-refractivity contribution in [2.75, 3.05) is 13.0 Å². The zero-order valence-electron chi connectivity index (χ0n) is 11.6. The van der Waals surface area contributed by atoms with Crippen molar-refractivity contribution in [2.45, 2.75) is 19.9 Å². The maximum absolute atomic E-state index is 12.2. The van der Waals surface area contributed by atoms with Crippen molar-refractivity contribution in [3.8, 4) is 5.75 Å². The Balaban J connectivity index is 3.01. The van der Waals surface area contributed by atoms with Crippen LogP contribution in [0.3, 0.4) is 0 Å². The molecule has 1 amide bonds. The average Bonchev–Trinajstić information content (AvgIpc) is 2.43. The van der Waals surface area contributed by atoms with Gasteiger partial charge >= 0.3 is 0 Å². The molecular formula is C13H17ClN2O4. The van der Waals surface area contributed by atoms with Crippen LogP contribution in [0.25, 0.3) is 0 Å². The molecule has 0 radical (unpaired) electrons. The van der Waals surface area contributed by atoms with E-state index in [0.29, 0.717) is 5.88 Å². The summed E-state index contributed by atoms with van der Waals surface area (Å²) >= 11 is 5.80. The van der Waals surface area contributed by atoms with Gasteiger partial charge in [-0.2, -0.15) is 0 Å². The van der Waals surface area contributed by atoms with E-state index >= 15 is 0 Å². The van der Waals surface area contributed by atoms with Gasteiger partial charge in [0.25, 0.3) is 11.6 Å². The summed E-state index contributed by atoms with van der Waals surface area (Å²) in [5.41, 5.74) is 0.116. The SMILES string of the molecule is COc1cc([N+](=O)[O-])ccc1C(=O)NC(CCl)C(C)C. The maximum atomic E-state index is 12.2. The Morgan fingerprint density at radius 2 is 2.15 bits per heavy atom. The Morgan fingerprint density at radius 1 is 1.50 bits per heavy atom. The van der Waals surface area contributed by atoms with Gasteiger partial charge in [0.05, 0.1) is 23.7 Å². The number of nitrogens with one attached hydrogen (secondary N) is 1. The minimum atomic E-state index is -0.542. The van der Waals surface area contributed by atoms with Crippen LogP contribution in [0.2, 0.25) is 0 Å². The summed E-state index contributed by atoms with van der Waals surface area (Å²) in [7, 11) is 1.36. The van der Waals surface area contributed by atoms with Crippen LogP contribution in [-0.4, -0.2) is 29.9 Å². The predicted octanol–water partition coefficient (Wildman–Crippen LogP) is 2.60. The smallest absolute Gasteiger partial charge is 0.273 e. The van der Waals surface area contributed by atoms with Gasteiger partial charge in [0.1, 0.15) is 5.75 Å². The number of nitro groups is 1. The highest BCUT2D eigenvalue weighted by Gasteiger charge is 2.20. The molecule has 1 N–H and O–H groups in total. The first-order valence-corrected chi connectivity index (χ1v) is 6.63. The summed E-state index contributed by atoms with van der Waals surface area (Å²) in [6.45, 7) is 3.89. The zero-order valence-corrected chi connectivity index (χ0v) is 12.3. The lowest BCUT2D eigenvalue weighted by Gasteiger charge is -2.20. The molecule has 0 saturated heterocycles. The lowest BCUT2D eigenvalue weighted by Crippen LogP contribution is -2.40. The summed E-state index contributed by atoms with van der Waals surface area (Å²) in [4.78, 5) is 22.3. The lowest BCUT2D eigenvalue weighted by atomic mass is 10.1. The second kappa shape index (κ2) is 7.09. The number of ether oxygens (including phenoxy) is 1. The first-order valence-electron chi connectivity index (χ1n) is 6.10. The predicted molar refractivity (Wildman–Crippen MR) is 76.5 cm³/mol. The molecule has 0 aliphatic heterocycles. The molecule has 1 aromatic rings. The summed E-state index contributed by atoms with van der Waals surface area (Å²) in [5, 5.41) is 13.5. The molecule has 7 heteroatoms. The van der Waals surface area contributed by atoms with E-state index in [4.69, 9.17) is 16.3 Å². The molecule has 0 aliphatic rings. The van der Waals surface area contributed by atoms with Gasteiger partial charge in [-0.1, -0.05) is 13.8 Å². The molecule has 110 valence electrons. The number of amides is 1. The number of rotatable bonds is 6. The Bertz CT molecular complexity index is 505. The highest BCUT2D eigenvalue weighted by Crippen LogP contribution is 2.24. The molecule has 0 aliphatic carbocycles. The standard InChI is InChI=1S/C13H17ClN2O4/c1-8(2)11(7-14)15-13(17)10-5-4-9(16(18)19)6-12(10)20-3/h4-6,8,11H,7H2,1-3H3,(H,15,17). The molecule has 1 aromatic carbocycles. The van der Waals surface area contributed by atoms with Crippen LogP contribution < -0.4 is 10.1 Å². The highest BCUT2D eigenvalue weighted by molar-refractivity contribution is 6.18. The molecule has 1 rings (SSSR count). The fourth-order valence-electron chi connectivity index (χ4n) is 1.61. The Hall–Kier alpha value is -1.82. The fraction of sp³-hybridized carbons (Fsp3) is 0.462. The molecule has 0 spiro atoms. The number of carbonyl (C=O) groups is 1. The molecular weight excluding hydrogens is 284 g/mol. The summed E-state index contributed by atoms with van der Waals surface area (Å²) in [5.74, 6) is 0.268. The molecule has 1 atom stereocenters. The zero-order chi connectivity index (χ0) is 15.3. The van der Waals surface area contributed by atoms with E-state index in [2.05, 4.69) is 5.32 Å². The van der Waals surface area contributed by atoms with Gasteiger partial charge in [-0.25, -0.2) is 0 Å². The van der Waals surface area contributed by atoms with Crippen LogP contribution >= 0.6 is 11.6 Å². The van der Waals surface area contributed by atoms with E-state index < -0.39 is 4.92 Å². The number of nitrogens with zero attached hydrogens (tertiary/aromatic N) is 1. The first kappa shape index (κ1) is 16.2. The average molecular weight is 301 g/mol. The van der Waals surface area contributed by atoms with E-state index in [1.54, 1.807) is 0 Å². The second-order valence-electron chi connectivity index (χ2n) is 4.62. The summed E-state index contributed by atoms with van der Waals surface area (Å²) < 4.78 is 5.03. The highest BCUT2D eigenvalue weighted by atomic mass is 35.5. The van der Waals surface area contributed by atoms with Crippen LogP contribution in [0.15, 0.2) is 18.2 Å². The van der Waals surface area contributed by atoms with E-state index in [-0.39, 0.29) is 34.9 Å². The number of hydrogen-bond donors (Lipinski definition) is 1. The molecule has 0 bridgehead atoms. The van der Waals surface area contributed by atoms with Gasteiger partial charge < -0.3 is 10.1 Å². The second-order valence-corrected chi connectivity index (χ2v) is 4.93. The van der Waals surface area contributed by atoms with Crippen LogP contribution in [0.4, 0.5) is 5.69 Å². The summed E-state index contributed by atoms with van der Waals surface area (Å²) in [6, 6.07) is 3.68. The van der Waals surface area contributed by atoms with Gasteiger partial charge in [-0.3, -0.25) is 14.9 Å². The number of non-ortho nitro benzene ring substituents is 1. The fourth-order valence-corrected chi connectivity index (χ4v) is 2.04. The van der Waals surface area contributed by atoms with Crippen molar-refractivity contribution in [2.24, 2.45) is 5.92 Å². The van der Waals surface area contributed by atoms with Crippen LogP contribution in [-0.2, 0) is 0 Å². The minimum Gasteiger partial charge on any atom is -0.496 e. The third-order valence-corrected chi connectivity index (χ3v) is 3.26. The monoisotopic (exact) mass is 300 g/mol. The van der Waals surface area contributed by atoms with Crippen LogP contribution in [0, 0.1) is 16.0 Å². The third kappa shape index (κ3) is 3.84. The van der Waals surface area contributed by atoms with Crippen molar-refractivity contribution in [1.82, 2.24) is 5.32 Å². The number of nitro benzene ring substituents is 1. The van der Waals surface area contributed by atoms with Crippen molar-refractivity contribution in [3.63, 3.8) is 0 Å². The van der Waals surface area contributed by atoms with Crippen LogP contribution in [0.5, 0.6) is 5.75 Å². The van der Waals surface area contributed by atoms with E-state index in [1.807, 2.05) is 13.8 Å². The number of benzene rings is 1. The largest absolute Gasteiger partial charge is 0.496 e. The molecule has 0 aromatic heterocycles. The molecule has 0 saturated carbocycles. The Morgan fingerprint density at radius 3 is 2.60 bits per heavy atom. The van der Waals surface area contributed by atoms with Gasteiger partial charge in [-0.15, -0.1) is 11.6 Å². The minimum absolute atomic E-state index is 0.129. The number of hydrogen-bond acceptors (Lipinski definition) is 4. The molecule has 20 heavy (non-hydrogen) atoms. The van der Waals surface area contributed by atoms with E-state index in [1.165, 1.54) is 25.3 Å². The number of carbonyl (C=O) groups excluding carboxylic acids is 1. The van der Waals surface area contributed by atoms with Gasteiger partial charge in [0.15, 0.2) is 0 Å². The number of halogens is 1. The molecule has 0 fully saturated rings. The van der Waals surface area contributed by atoms with Crippen LogP contribution in [0.1, 0.15) is 24.2 Å². The van der Waals surface area contributed by atoms with E-state index in [0.717, 1.165) is 0 Å².